The van der Waals surface area contributed by atoms with Crippen LogP contribution in [-0.4, -0.2) is 37.4 Å². The SMILES string of the molecule is C=CCn1c(=O)c2ccccc2n2c(SCC(=O)NCC3CCCc4ccccc43)nnc12. The fraction of sp³-hybridized carbons (Fsp3) is 0.280. The third-order valence-corrected chi connectivity index (χ3v) is 7.09. The number of benzene rings is 2. The molecule has 0 fully saturated rings. The normalized spacial score (nSPS) is 15.5. The van der Waals surface area contributed by atoms with E-state index in [9.17, 15) is 9.59 Å². The molecule has 2 aromatic carbocycles. The molecule has 2 aromatic heterocycles. The largest absolute Gasteiger partial charge is 0.355 e. The molecule has 1 unspecified atom stereocenters. The first kappa shape index (κ1) is 21.5. The van der Waals surface area contributed by atoms with Crippen LogP contribution in [0.1, 0.15) is 29.9 Å². The van der Waals surface area contributed by atoms with Crippen LogP contribution in [0.4, 0.5) is 0 Å². The van der Waals surface area contributed by atoms with E-state index in [1.807, 2.05) is 22.6 Å². The van der Waals surface area contributed by atoms with Gasteiger partial charge in [0.2, 0.25) is 11.7 Å². The zero-order valence-electron chi connectivity index (χ0n) is 18.2. The van der Waals surface area contributed by atoms with Gasteiger partial charge in [0, 0.05) is 19.0 Å². The van der Waals surface area contributed by atoms with Crippen molar-refractivity contribution in [1.29, 1.82) is 0 Å². The van der Waals surface area contributed by atoms with Crippen LogP contribution >= 0.6 is 11.8 Å². The number of aromatic nitrogens is 4. The first-order chi connectivity index (χ1) is 16.2. The Bertz CT molecular complexity index is 1410. The van der Waals surface area contributed by atoms with Gasteiger partial charge in [-0.1, -0.05) is 54.2 Å². The Balaban J connectivity index is 1.34. The van der Waals surface area contributed by atoms with Gasteiger partial charge >= 0.3 is 0 Å². The van der Waals surface area contributed by atoms with Gasteiger partial charge in [-0.3, -0.25) is 18.6 Å². The van der Waals surface area contributed by atoms with Crippen molar-refractivity contribution >= 4 is 34.3 Å². The maximum absolute atomic E-state index is 12.9. The van der Waals surface area contributed by atoms with E-state index in [1.165, 1.54) is 22.9 Å². The van der Waals surface area contributed by atoms with E-state index in [-0.39, 0.29) is 17.2 Å². The van der Waals surface area contributed by atoms with Crippen LogP contribution in [0.3, 0.4) is 0 Å². The molecule has 168 valence electrons. The second kappa shape index (κ2) is 9.23. The molecule has 0 radical (unpaired) electrons. The van der Waals surface area contributed by atoms with E-state index in [4.69, 9.17) is 0 Å². The second-order valence-electron chi connectivity index (χ2n) is 8.22. The Hall–Kier alpha value is -3.39. The summed E-state index contributed by atoms with van der Waals surface area (Å²) in [6.45, 7) is 4.72. The van der Waals surface area contributed by atoms with Crippen molar-refractivity contribution in [3.8, 4) is 0 Å². The smallest absolute Gasteiger partial charge is 0.263 e. The Labute approximate surface area is 195 Å². The summed E-state index contributed by atoms with van der Waals surface area (Å²) in [4.78, 5) is 25.6. The molecule has 8 heteroatoms. The summed E-state index contributed by atoms with van der Waals surface area (Å²) in [7, 11) is 0. The van der Waals surface area contributed by atoms with Crippen molar-refractivity contribution in [3.63, 3.8) is 0 Å². The summed E-state index contributed by atoms with van der Waals surface area (Å²) in [6, 6.07) is 15.9. The van der Waals surface area contributed by atoms with Crippen LogP contribution in [0.5, 0.6) is 0 Å². The first-order valence-corrected chi connectivity index (χ1v) is 12.1. The molecule has 1 aliphatic rings. The van der Waals surface area contributed by atoms with Gasteiger partial charge in [0.25, 0.3) is 5.56 Å². The molecule has 5 rings (SSSR count). The molecule has 0 saturated heterocycles. The number of hydrogen-bond donors (Lipinski definition) is 1. The molecule has 2 heterocycles. The molecular weight excluding hydrogens is 434 g/mol. The van der Waals surface area contributed by atoms with Gasteiger partial charge in [-0.05, 0) is 42.5 Å². The highest BCUT2D eigenvalue weighted by Gasteiger charge is 2.21. The van der Waals surface area contributed by atoms with Crippen LogP contribution < -0.4 is 10.9 Å². The standard InChI is InChI=1S/C25H25N5O2S/c1-2-14-29-23(32)20-12-5-6-13-21(20)30-24(29)27-28-25(30)33-16-22(31)26-15-18-10-7-9-17-8-3-4-11-19(17)18/h2-6,8,11-13,18H,1,7,9-10,14-16H2,(H,26,31). The lowest BCUT2D eigenvalue weighted by Gasteiger charge is -2.25. The Morgan fingerprint density at radius 2 is 2.00 bits per heavy atom. The predicted octanol–water partition coefficient (Wildman–Crippen LogP) is 3.56. The third kappa shape index (κ3) is 4.06. The molecule has 4 aromatic rings. The van der Waals surface area contributed by atoms with Gasteiger partial charge in [-0.25, -0.2) is 0 Å². The molecule has 1 amide bonds. The predicted molar refractivity (Wildman–Crippen MR) is 131 cm³/mol. The molecule has 33 heavy (non-hydrogen) atoms. The summed E-state index contributed by atoms with van der Waals surface area (Å²) in [5, 5.41) is 12.8. The minimum Gasteiger partial charge on any atom is -0.355 e. The van der Waals surface area contributed by atoms with E-state index >= 15 is 0 Å². The number of amides is 1. The average Bonchev–Trinajstić information content (AvgIpc) is 3.28. The van der Waals surface area contributed by atoms with Gasteiger partial charge in [-0.15, -0.1) is 16.8 Å². The number of allylic oxidation sites excluding steroid dienone is 1. The number of rotatable bonds is 7. The summed E-state index contributed by atoms with van der Waals surface area (Å²) in [6.07, 6.45) is 5.01. The molecule has 1 N–H and O–H groups in total. The number of nitrogens with zero attached hydrogens (tertiary/aromatic N) is 4. The monoisotopic (exact) mass is 459 g/mol. The van der Waals surface area contributed by atoms with Gasteiger partial charge in [-0.2, -0.15) is 0 Å². The number of carbonyl (C=O) groups excluding carboxylic acids is 1. The van der Waals surface area contributed by atoms with E-state index in [2.05, 4.69) is 46.4 Å². The van der Waals surface area contributed by atoms with E-state index in [1.54, 1.807) is 16.7 Å². The lowest BCUT2D eigenvalue weighted by Crippen LogP contribution is -2.31. The van der Waals surface area contributed by atoms with Gasteiger partial charge in [0.15, 0.2) is 5.16 Å². The summed E-state index contributed by atoms with van der Waals surface area (Å²) < 4.78 is 3.39. The van der Waals surface area contributed by atoms with E-state index in [0.717, 1.165) is 24.8 Å². The van der Waals surface area contributed by atoms with Crippen molar-refractivity contribution < 1.29 is 4.79 Å². The van der Waals surface area contributed by atoms with Crippen molar-refractivity contribution in [1.82, 2.24) is 24.5 Å². The highest BCUT2D eigenvalue weighted by Crippen LogP contribution is 2.31. The van der Waals surface area contributed by atoms with Crippen molar-refractivity contribution in [2.45, 2.75) is 36.9 Å². The van der Waals surface area contributed by atoms with Gasteiger partial charge < -0.3 is 5.32 Å². The number of hydrogen-bond acceptors (Lipinski definition) is 5. The molecule has 1 atom stereocenters. The summed E-state index contributed by atoms with van der Waals surface area (Å²) in [5.41, 5.74) is 3.34. The summed E-state index contributed by atoms with van der Waals surface area (Å²) in [5.74, 6) is 0.989. The lowest BCUT2D eigenvalue weighted by atomic mass is 9.83. The number of nitrogens with one attached hydrogen (secondary N) is 1. The Morgan fingerprint density at radius 3 is 2.88 bits per heavy atom. The minimum atomic E-state index is -0.132. The van der Waals surface area contributed by atoms with Gasteiger partial charge in [0.05, 0.1) is 16.7 Å². The second-order valence-corrected chi connectivity index (χ2v) is 9.16. The maximum Gasteiger partial charge on any atom is 0.263 e. The number of thioether (sulfide) groups is 1. The zero-order chi connectivity index (χ0) is 22.8. The number of fused-ring (bicyclic) bond motifs is 4. The highest BCUT2D eigenvalue weighted by molar-refractivity contribution is 7.99. The topological polar surface area (TPSA) is 81.3 Å². The third-order valence-electron chi connectivity index (χ3n) is 6.16. The molecule has 7 nitrogen and oxygen atoms in total. The van der Waals surface area contributed by atoms with E-state index in [0.29, 0.717) is 35.3 Å². The number of carbonyl (C=O) groups is 1. The van der Waals surface area contributed by atoms with Crippen LogP contribution in [-0.2, 0) is 17.8 Å². The summed E-state index contributed by atoms with van der Waals surface area (Å²) >= 11 is 1.32. The fourth-order valence-electron chi connectivity index (χ4n) is 4.61. The quantitative estimate of drug-likeness (QED) is 0.338. The maximum atomic E-state index is 12.9. The lowest BCUT2D eigenvalue weighted by molar-refractivity contribution is -0.118. The van der Waals surface area contributed by atoms with Crippen LogP contribution in [0.2, 0.25) is 0 Å². The molecular formula is C25H25N5O2S. The van der Waals surface area contributed by atoms with Crippen molar-refractivity contribution in [2.24, 2.45) is 0 Å². The molecule has 0 spiro atoms. The zero-order valence-corrected chi connectivity index (χ0v) is 19.1. The number of para-hydroxylation sites is 1. The van der Waals surface area contributed by atoms with Crippen LogP contribution in [0.15, 0.2) is 71.1 Å². The Morgan fingerprint density at radius 1 is 1.18 bits per heavy atom. The Kier molecular flexibility index (Phi) is 6.00. The molecule has 0 bridgehead atoms. The fourth-order valence-corrected chi connectivity index (χ4v) is 5.38. The average molecular weight is 460 g/mol. The van der Waals surface area contributed by atoms with E-state index < -0.39 is 0 Å². The van der Waals surface area contributed by atoms with Gasteiger partial charge in [0.1, 0.15) is 0 Å². The van der Waals surface area contributed by atoms with Crippen LogP contribution in [0, 0.1) is 0 Å². The van der Waals surface area contributed by atoms with Crippen LogP contribution in [0.25, 0.3) is 16.7 Å². The number of aryl methyl sites for hydroxylation is 1. The molecule has 0 aliphatic heterocycles. The first-order valence-electron chi connectivity index (χ1n) is 11.1. The van der Waals surface area contributed by atoms with Crippen molar-refractivity contribution in [2.75, 3.05) is 12.3 Å². The van der Waals surface area contributed by atoms with Crippen molar-refractivity contribution in [3.05, 3.63) is 82.7 Å². The minimum absolute atomic E-state index is 0.0384. The highest BCUT2D eigenvalue weighted by atomic mass is 32.2. The molecule has 1 aliphatic carbocycles. The molecule has 0 saturated carbocycles.